The van der Waals surface area contributed by atoms with Crippen molar-refractivity contribution in [2.75, 3.05) is 6.54 Å². The molecular formula is C16H24F3N3O2. The van der Waals surface area contributed by atoms with Crippen molar-refractivity contribution >= 4 is 5.91 Å². The van der Waals surface area contributed by atoms with Gasteiger partial charge in [-0.2, -0.15) is 13.2 Å². The highest BCUT2D eigenvalue weighted by Gasteiger charge is 2.68. The molecule has 0 aliphatic heterocycles. The van der Waals surface area contributed by atoms with E-state index >= 15 is 0 Å². The number of imidazole rings is 1. The van der Waals surface area contributed by atoms with Crippen LogP contribution in [-0.2, 0) is 17.4 Å². The van der Waals surface area contributed by atoms with Crippen LogP contribution in [0.2, 0.25) is 0 Å². The number of hydrogen-bond donors (Lipinski definition) is 2. The monoisotopic (exact) mass is 347 g/mol. The number of carbonyl (C=O) groups is 1. The van der Waals surface area contributed by atoms with E-state index in [0.717, 1.165) is 4.57 Å². The molecule has 0 bridgehead atoms. The fourth-order valence-electron chi connectivity index (χ4n) is 3.46. The van der Waals surface area contributed by atoms with Crippen LogP contribution in [0.5, 0.6) is 0 Å². The molecule has 1 aliphatic rings. The van der Waals surface area contributed by atoms with Gasteiger partial charge in [-0.25, -0.2) is 4.98 Å². The van der Waals surface area contributed by atoms with Crippen molar-refractivity contribution in [3.8, 4) is 0 Å². The minimum absolute atomic E-state index is 0.197. The number of aromatic nitrogens is 2. The van der Waals surface area contributed by atoms with Crippen molar-refractivity contribution in [2.45, 2.75) is 45.9 Å². The Kier molecular flexibility index (Phi) is 4.28. The zero-order chi connectivity index (χ0) is 18.6. The lowest BCUT2D eigenvalue weighted by molar-refractivity contribution is -0.272. The molecule has 0 saturated heterocycles. The minimum Gasteiger partial charge on any atom is -0.374 e. The topological polar surface area (TPSA) is 67.2 Å². The molecule has 24 heavy (non-hydrogen) atoms. The molecule has 8 heteroatoms. The van der Waals surface area contributed by atoms with E-state index in [1.54, 1.807) is 0 Å². The summed E-state index contributed by atoms with van der Waals surface area (Å²) in [7, 11) is 1.38. The van der Waals surface area contributed by atoms with Gasteiger partial charge in [-0.1, -0.05) is 27.7 Å². The number of rotatable bonds is 5. The Bertz CT molecular complexity index is 623. The molecule has 1 aliphatic carbocycles. The molecule has 1 aromatic rings. The van der Waals surface area contributed by atoms with E-state index in [4.69, 9.17) is 0 Å². The summed E-state index contributed by atoms with van der Waals surface area (Å²) in [6.07, 6.45) is -3.06. The SMILES string of the molecule is Cn1ccnc1C(O)(CCNC(=O)C1C(C)(C)C1(C)C)C(F)(F)F. The molecule has 1 amide bonds. The second kappa shape index (κ2) is 5.47. The number of carbonyl (C=O) groups excluding carboxylic acids is 1. The number of amides is 1. The van der Waals surface area contributed by atoms with Gasteiger partial charge in [0.05, 0.1) is 0 Å². The maximum absolute atomic E-state index is 13.4. The molecule has 1 atom stereocenters. The van der Waals surface area contributed by atoms with Crippen molar-refractivity contribution in [3.05, 3.63) is 18.2 Å². The molecule has 1 unspecified atom stereocenters. The number of hydrogen-bond acceptors (Lipinski definition) is 3. The fraction of sp³-hybridized carbons (Fsp3) is 0.750. The predicted molar refractivity (Wildman–Crippen MR) is 81.8 cm³/mol. The lowest BCUT2D eigenvalue weighted by Crippen LogP contribution is -2.47. The minimum atomic E-state index is -4.89. The van der Waals surface area contributed by atoms with E-state index in [0.29, 0.717) is 0 Å². The Morgan fingerprint density at radius 1 is 1.33 bits per heavy atom. The average molecular weight is 347 g/mol. The summed E-state index contributed by atoms with van der Waals surface area (Å²) in [6, 6.07) is 0. The first-order valence-corrected chi connectivity index (χ1v) is 7.81. The van der Waals surface area contributed by atoms with Gasteiger partial charge in [0.2, 0.25) is 11.5 Å². The Morgan fingerprint density at radius 3 is 2.25 bits per heavy atom. The first-order valence-electron chi connectivity index (χ1n) is 7.81. The van der Waals surface area contributed by atoms with E-state index in [-0.39, 0.29) is 29.2 Å². The lowest BCUT2D eigenvalue weighted by Gasteiger charge is -2.30. The van der Waals surface area contributed by atoms with Gasteiger partial charge in [0.1, 0.15) is 5.82 Å². The number of nitrogens with zero attached hydrogens (tertiary/aromatic N) is 2. The third-order valence-corrected chi connectivity index (χ3v) is 5.73. The predicted octanol–water partition coefficient (Wildman–Crippen LogP) is 2.36. The molecule has 136 valence electrons. The van der Waals surface area contributed by atoms with Crippen LogP contribution < -0.4 is 5.32 Å². The van der Waals surface area contributed by atoms with E-state index in [1.807, 2.05) is 27.7 Å². The number of aliphatic hydroxyl groups is 1. The van der Waals surface area contributed by atoms with Gasteiger partial charge in [-0.3, -0.25) is 4.79 Å². The molecular weight excluding hydrogens is 323 g/mol. The van der Waals surface area contributed by atoms with Crippen molar-refractivity contribution < 1.29 is 23.1 Å². The number of halogens is 3. The van der Waals surface area contributed by atoms with E-state index < -0.39 is 24.0 Å². The Morgan fingerprint density at radius 2 is 1.88 bits per heavy atom. The maximum Gasteiger partial charge on any atom is 0.424 e. The van der Waals surface area contributed by atoms with Crippen LogP contribution in [0.15, 0.2) is 12.4 Å². The summed E-state index contributed by atoms with van der Waals surface area (Å²) in [5.41, 5.74) is -3.50. The molecule has 5 nitrogen and oxygen atoms in total. The van der Waals surface area contributed by atoms with Gasteiger partial charge >= 0.3 is 6.18 Å². The summed E-state index contributed by atoms with van der Waals surface area (Å²) in [4.78, 5) is 15.9. The molecule has 1 heterocycles. The first-order chi connectivity index (χ1) is 10.8. The highest BCUT2D eigenvalue weighted by Crippen LogP contribution is 2.68. The van der Waals surface area contributed by atoms with Gasteiger partial charge in [0.15, 0.2) is 0 Å². The number of alkyl halides is 3. The molecule has 1 aromatic heterocycles. The molecule has 2 rings (SSSR count). The van der Waals surface area contributed by atoms with Crippen molar-refractivity contribution in [3.63, 3.8) is 0 Å². The first kappa shape index (κ1) is 18.8. The van der Waals surface area contributed by atoms with Crippen LogP contribution >= 0.6 is 0 Å². The van der Waals surface area contributed by atoms with Crippen molar-refractivity contribution in [1.82, 2.24) is 14.9 Å². The highest BCUT2D eigenvalue weighted by atomic mass is 19.4. The Labute approximate surface area is 139 Å². The lowest BCUT2D eigenvalue weighted by atomic mass is 9.97. The largest absolute Gasteiger partial charge is 0.424 e. The van der Waals surface area contributed by atoms with Crippen LogP contribution in [0.4, 0.5) is 13.2 Å². The van der Waals surface area contributed by atoms with Gasteiger partial charge < -0.3 is 15.0 Å². The normalized spacial score (nSPS) is 22.0. The molecule has 0 spiro atoms. The molecule has 1 saturated carbocycles. The quantitative estimate of drug-likeness (QED) is 0.859. The molecule has 0 radical (unpaired) electrons. The molecule has 1 fully saturated rings. The van der Waals surface area contributed by atoms with Gasteiger partial charge in [0, 0.05) is 38.3 Å². The number of nitrogens with one attached hydrogen (secondary N) is 1. The van der Waals surface area contributed by atoms with Crippen LogP contribution in [0.1, 0.15) is 39.9 Å². The van der Waals surface area contributed by atoms with E-state index in [1.165, 1.54) is 19.4 Å². The Hall–Kier alpha value is -1.57. The summed E-state index contributed by atoms with van der Waals surface area (Å²) in [5.74, 6) is -1.03. The van der Waals surface area contributed by atoms with Crippen LogP contribution in [0, 0.1) is 16.7 Å². The molecule has 0 aromatic carbocycles. The summed E-state index contributed by atoms with van der Waals surface area (Å²) >= 11 is 0. The smallest absolute Gasteiger partial charge is 0.374 e. The van der Waals surface area contributed by atoms with Crippen molar-refractivity contribution in [1.29, 1.82) is 0 Å². The van der Waals surface area contributed by atoms with Crippen LogP contribution in [0.3, 0.4) is 0 Å². The Balaban J connectivity index is 2.06. The summed E-state index contributed by atoms with van der Waals surface area (Å²) in [5, 5.41) is 12.7. The van der Waals surface area contributed by atoms with Gasteiger partial charge in [0.25, 0.3) is 0 Å². The number of aryl methyl sites for hydroxylation is 1. The summed E-state index contributed by atoms with van der Waals surface area (Å²) in [6.45, 7) is 7.53. The molecule has 2 N–H and O–H groups in total. The third-order valence-electron chi connectivity index (χ3n) is 5.73. The third kappa shape index (κ3) is 2.70. The highest BCUT2D eigenvalue weighted by molar-refractivity contribution is 5.84. The zero-order valence-corrected chi connectivity index (χ0v) is 14.5. The van der Waals surface area contributed by atoms with E-state index in [2.05, 4.69) is 10.3 Å². The zero-order valence-electron chi connectivity index (χ0n) is 14.5. The maximum atomic E-state index is 13.4. The summed E-state index contributed by atoms with van der Waals surface area (Å²) < 4.78 is 41.2. The average Bonchev–Trinajstić information content (AvgIpc) is 2.73. The van der Waals surface area contributed by atoms with Gasteiger partial charge in [-0.05, 0) is 10.8 Å². The van der Waals surface area contributed by atoms with E-state index in [9.17, 15) is 23.1 Å². The fourth-order valence-corrected chi connectivity index (χ4v) is 3.46. The second-order valence-electron chi connectivity index (χ2n) is 7.64. The second-order valence-corrected chi connectivity index (χ2v) is 7.64. The van der Waals surface area contributed by atoms with Crippen molar-refractivity contribution in [2.24, 2.45) is 23.8 Å². The van der Waals surface area contributed by atoms with Crippen LogP contribution in [-0.4, -0.2) is 33.3 Å². The standard InChI is InChI=1S/C16H24F3N3O2/c1-13(2)10(14(13,3)4)11(23)20-7-6-15(24,16(17,18)19)12-21-8-9-22(12)5/h8-10,24H,6-7H2,1-5H3,(H,20,23). The van der Waals surface area contributed by atoms with Gasteiger partial charge in [-0.15, -0.1) is 0 Å². The van der Waals surface area contributed by atoms with Crippen LogP contribution in [0.25, 0.3) is 0 Å².